The number of para-hydroxylation sites is 2. The number of halogens is 3. The summed E-state index contributed by atoms with van der Waals surface area (Å²) < 4.78 is 1.78. The number of hydrogen-bond acceptors (Lipinski definition) is 4. The minimum absolute atomic E-state index is 0.0695. The second kappa shape index (κ2) is 9.55. The molecule has 0 atom stereocenters. The zero-order valence-electron chi connectivity index (χ0n) is 17.1. The Hall–Kier alpha value is -1.87. The van der Waals surface area contributed by atoms with Crippen LogP contribution in [0.1, 0.15) is 16.7 Å². The van der Waals surface area contributed by atoms with E-state index in [1.165, 1.54) is 11.8 Å². The molecule has 0 saturated carbocycles. The summed E-state index contributed by atoms with van der Waals surface area (Å²) in [6.07, 6.45) is 1.76. The van der Waals surface area contributed by atoms with Crippen LogP contribution < -0.4 is 4.90 Å². The van der Waals surface area contributed by atoms with Gasteiger partial charge in [0.05, 0.1) is 25.2 Å². The summed E-state index contributed by atoms with van der Waals surface area (Å²) in [6, 6.07) is 17.3. The summed E-state index contributed by atoms with van der Waals surface area (Å²) in [6.45, 7) is 3.97. The Labute approximate surface area is 215 Å². The molecule has 4 rings (SSSR count). The SMILES string of the molecule is Cc1ccccc1N=C1S/C(=C/c2c(Br)cc(Br)c(O)c2Br)C(=O)N1c1ccccc1C. The Morgan fingerprint density at radius 3 is 2.31 bits per heavy atom. The van der Waals surface area contributed by atoms with Crippen LogP contribution >= 0.6 is 59.6 Å². The number of phenolic OH excluding ortho intramolecular Hbond substituents is 1. The summed E-state index contributed by atoms with van der Waals surface area (Å²) in [5, 5.41) is 10.9. The number of carbonyl (C=O) groups excluding carboxylic acids is 1. The van der Waals surface area contributed by atoms with Gasteiger partial charge in [-0.15, -0.1) is 0 Å². The predicted molar refractivity (Wildman–Crippen MR) is 144 cm³/mol. The van der Waals surface area contributed by atoms with Gasteiger partial charge in [0, 0.05) is 10.0 Å². The minimum atomic E-state index is -0.169. The quantitative estimate of drug-likeness (QED) is 0.296. The number of nitrogens with zero attached hydrogens (tertiary/aromatic N) is 2. The van der Waals surface area contributed by atoms with Gasteiger partial charge >= 0.3 is 0 Å². The van der Waals surface area contributed by atoms with E-state index in [1.807, 2.05) is 62.4 Å². The number of phenols is 1. The fourth-order valence-electron chi connectivity index (χ4n) is 3.23. The smallest absolute Gasteiger partial charge is 0.271 e. The molecule has 32 heavy (non-hydrogen) atoms. The van der Waals surface area contributed by atoms with Crippen LogP contribution in [0.4, 0.5) is 11.4 Å². The van der Waals surface area contributed by atoms with Crippen molar-refractivity contribution in [3.63, 3.8) is 0 Å². The van der Waals surface area contributed by atoms with E-state index >= 15 is 0 Å². The van der Waals surface area contributed by atoms with E-state index in [-0.39, 0.29) is 11.7 Å². The van der Waals surface area contributed by atoms with Crippen molar-refractivity contribution in [3.05, 3.63) is 89.6 Å². The lowest BCUT2D eigenvalue weighted by atomic mass is 10.1. The average Bonchev–Trinajstić information content (AvgIpc) is 3.06. The van der Waals surface area contributed by atoms with Gasteiger partial charge in [0.25, 0.3) is 5.91 Å². The number of rotatable bonds is 3. The number of aryl methyl sites for hydroxylation is 2. The van der Waals surface area contributed by atoms with Gasteiger partial charge in [-0.25, -0.2) is 4.99 Å². The van der Waals surface area contributed by atoms with E-state index in [0.717, 1.165) is 27.0 Å². The maximum Gasteiger partial charge on any atom is 0.271 e. The monoisotopic (exact) mass is 634 g/mol. The van der Waals surface area contributed by atoms with E-state index < -0.39 is 0 Å². The molecule has 1 saturated heterocycles. The minimum Gasteiger partial charge on any atom is -0.506 e. The van der Waals surface area contributed by atoms with Crippen molar-refractivity contribution in [3.8, 4) is 5.75 Å². The van der Waals surface area contributed by atoms with Gasteiger partial charge in [0.2, 0.25) is 0 Å². The Morgan fingerprint density at radius 1 is 0.969 bits per heavy atom. The maximum atomic E-state index is 13.6. The average molecular weight is 637 g/mol. The summed E-state index contributed by atoms with van der Waals surface area (Å²) in [4.78, 5) is 20.6. The van der Waals surface area contributed by atoms with E-state index in [4.69, 9.17) is 4.99 Å². The van der Waals surface area contributed by atoms with Gasteiger partial charge in [0.15, 0.2) is 5.17 Å². The fraction of sp³-hybridized carbons (Fsp3) is 0.0833. The molecule has 3 aromatic rings. The Morgan fingerprint density at radius 2 is 1.62 bits per heavy atom. The number of anilines is 1. The van der Waals surface area contributed by atoms with Crippen molar-refractivity contribution in [2.24, 2.45) is 4.99 Å². The van der Waals surface area contributed by atoms with Gasteiger partial charge in [0.1, 0.15) is 5.75 Å². The fourth-order valence-corrected chi connectivity index (χ4v) is 6.54. The molecule has 0 aromatic heterocycles. The van der Waals surface area contributed by atoms with Crippen LogP contribution in [0.2, 0.25) is 0 Å². The first-order valence-electron chi connectivity index (χ1n) is 9.58. The van der Waals surface area contributed by atoms with Crippen LogP contribution in [0.15, 0.2) is 77.9 Å². The van der Waals surface area contributed by atoms with Crippen molar-refractivity contribution in [1.29, 1.82) is 0 Å². The van der Waals surface area contributed by atoms with Crippen molar-refractivity contribution in [1.82, 2.24) is 0 Å². The molecule has 0 radical (unpaired) electrons. The van der Waals surface area contributed by atoms with Crippen LogP contribution in [0, 0.1) is 13.8 Å². The van der Waals surface area contributed by atoms with Crippen LogP contribution in [0.5, 0.6) is 5.75 Å². The standard InChI is InChI=1S/C24H17Br3N2O2S/c1-13-7-3-5-9-18(13)28-24-29(19-10-6-4-8-14(19)2)23(31)20(32-24)11-15-16(25)12-17(26)22(30)21(15)27/h3-12,30H,1-2H3/b20-11+,28-24?. The third kappa shape index (κ3) is 4.46. The first kappa shape index (κ1) is 23.3. The largest absolute Gasteiger partial charge is 0.506 e. The van der Waals surface area contributed by atoms with E-state index in [9.17, 15) is 9.90 Å². The normalized spacial score (nSPS) is 16.4. The number of thioether (sulfide) groups is 1. The summed E-state index contributed by atoms with van der Waals surface area (Å²) in [5.74, 6) is -0.0992. The molecule has 0 unspecified atom stereocenters. The molecule has 3 aromatic carbocycles. The third-order valence-corrected chi connectivity index (χ3v) is 7.98. The summed E-state index contributed by atoms with van der Waals surface area (Å²) in [5.41, 5.74) is 4.27. The molecule has 0 aliphatic carbocycles. The number of hydrogen-bond donors (Lipinski definition) is 1. The highest BCUT2D eigenvalue weighted by atomic mass is 79.9. The van der Waals surface area contributed by atoms with E-state index in [0.29, 0.717) is 24.6 Å². The molecule has 4 nitrogen and oxygen atoms in total. The molecule has 8 heteroatoms. The van der Waals surface area contributed by atoms with E-state index in [2.05, 4.69) is 47.8 Å². The third-order valence-electron chi connectivity index (χ3n) is 4.95. The molecule has 1 aliphatic rings. The van der Waals surface area contributed by atoms with Gasteiger partial charge in [-0.3, -0.25) is 9.69 Å². The number of carbonyl (C=O) groups is 1. The first-order valence-corrected chi connectivity index (χ1v) is 12.8. The first-order chi connectivity index (χ1) is 15.3. The summed E-state index contributed by atoms with van der Waals surface area (Å²) >= 11 is 11.6. The highest BCUT2D eigenvalue weighted by Gasteiger charge is 2.36. The second-order valence-corrected chi connectivity index (χ2v) is 10.6. The summed E-state index contributed by atoms with van der Waals surface area (Å²) in [7, 11) is 0. The van der Waals surface area contributed by atoms with Gasteiger partial charge in [-0.1, -0.05) is 52.3 Å². The number of amidine groups is 1. The molecule has 0 spiro atoms. The van der Waals surface area contributed by atoms with Crippen molar-refractivity contribution < 1.29 is 9.90 Å². The maximum absolute atomic E-state index is 13.6. The van der Waals surface area contributed by atoms with Crippen molar-refractivity contribution in [2.75, 3.05) is 4.90 Å². The predicted octanol–water partition coefficient (Wildman–Crippen LogP) is 8.11. The van der Waals surface area contributed by atoms with Crippen LogP contribution in [-0.4, -0.2) is 16.2 Å². The van der Waals surface area contributed by atoms with Gasteiger partial charge < -0.3 is 5.11 Å². The molecular weight excluding hydrogens is 620 g/mol. The van der Waals surface area contributed by atoms with E-state index in [1.54, 1.807) is 17.0 Å². The zero-order valence-corrected chi connectivity index (χ0v) is 22.6. The number of benzene rings is 3. The molecule has 1 amide bonds. The lowest BCUT2D eigenvalue weighted by Crippen LogP contribution is -2.29. The lowest BCUT2D eigenvalue weighted by molar-refractivity contribution is -0.113. The van der Waals surface area contributed by atoms with Crippen LogP contribution in [-0.2, 0) is 4.79 Å². The highest BCUT2D eigenvalue weighted by Crippen LogP contribution is 2.44. The van der Waals surface area contributed by atoms with Crippen LogP contribution in [0.25, 0.3) is 6.08 Å². The Balaban J connectivity index is 1.87. The zero-order chi connectivity index (χ0) is 23.0. The number of aromatic hydroxyl groups is 1. The molecule has 1 aliphatic heterocycles. The molecule has 1 fully saturated rings. The van der Waals surface area contributed by atoms with Gasteiger partial charge in [-0.05, 0) is 92.9 Å². The molecule has 1 N–H and O–H groups in total. The topological polar surface area (TPSA) is 52.9 Å². The number of aliphatic imine (C=N–C) groups is 1. The molecular formula is C24H17Br3N2O2S. The number of amides is 1. The Bertz CT molecular complexity index is 1300. The van der Waals surface area contributed by atoms with Crippen LogP contribution in [0.3, 0.4) is 0 Å². The van der Waals surface area contributed by atoms with Crippen molar-refractivity contribution in [2.45, 2.75) is 13.8 Å². The lowest BCUT2D eigenvalue weighted by Gasteiger charge is -2.18. The molecule has 0 bridgehead atoms. The van der Waals surface area contributed by atoms with Crippen molar-refractivity contribution >= 4 is 88.1 Å². The molecule has 1 heterocycles. The second-order valence-electron chi connectivity index (χ2n) is 7.14. The Kier molecular flexibility index (Phi) is 6.95. The highest BCUT2D eigenvalue weighted by molar-refractivity contribution is 9.11. The molecule has 162 valence electrons. The van der Waals surface area contributed by atoms with Gasteiger partial charge in [-0.2, -0.15) is 0 Å².